The number of carbonyl (C=O) groups excluding carboxylic acids is 1. The number of piperidine rings is 1. The summed E-state index contributed by atoms with van der Waals surface area (Å²) in [6.07, 6.45) is 4.33. The van der Waals surface area contributed by atoms with E-state index in [1.165, 1.54) is 4.88 Å². The molecule has 1 fully saturated rings. The first kappa shape index (κ1) is 17.5. The summed E-state index contributed by atoms with van der Waals surface area (Å²) in [6.45, 7) is 6.19. The predicted octanol–water partition coefficient (Wildman–Crippen LogP) is 1.73. The third kappa shape index (κ3) is 5.38. The Balaban J connectivity index is 1.74. The zero-order valence-electron chi connectivity index (χ0n) is 13.7. The number of rotatable bonds is 5. The van der Waals surface area contributed by atoms with Gasteiger partial charge in [-0.1, -0.05) is 6.92 Å². The lowest BCUT2D eigenvalue weighted by atomic mass is 10.1. The van der Waals surface area contributed by atoms with Crippen molar-refractivity contribution in [1.82, 2.24) is 15.2 Å². The summed E-state index contributed by atoms with van der Waals surface area (Å²) in [5.74, 6) is 0.438. The van der Waals surface area contributed by atoms with Gasteiger partial charge >= 0.3 is 6.09 Å². The fraction of sp³-hybridized carbons (Fsp3) is 0.667. The van der Waals surface area contributed by atoms with Crippen LogP contribution in [0.25, 0.3) is 0 Å². The van der Waals surface area contributed by atoms with Gasteiger partial charge in [0.1, 0.15) is 5.01 Å². The third-order valence-electron chi connectivity index (χ3n) is 3.71. The molecule has 23 heavy (non-hydrogen) atoms. The summed E-state index contributed by atoms with van der Waals surface area (Å²) in [4.78, 5) is 23.3. The maximum atomic E-state index is 11.6. The maximum absolute atomic E-state index is 11.6. The van der Waals surface area contributed by atoms with Crippen LogP contribution in [0, 0.1) is 0 Å². The third-order valence-corrected chi connectivity index (χ3v) is 4.83. The van der Waals surface area contributed by atoms with Crippen LogP contribution in [0.1, 0.15) is 36.6 Å². The molecule has 1 aliphatic heterocycles. The standard InChI is InChI=1S/C15H25N5O2S/c1-3-12-9-17-13(23-12)10-18-14(16)19-11-5-7-20(8-6-11)15(21)22-4-2/h9,11H,3-8,10H2,1-2H3,(H3,16,18,19). The van der Waals surface area contributed by atoms with Gasteiger partial charge in [0.15, 0.2) is 5.96 Å². The molecule has 2 heterocycles. The Bertz CT molecular complexity index is 538. The van der Waals surface area contributed by atoms with Gasteiger partial charge in [-0.25, -0.2) is 14.8 Å². The number of thiazole rings is 1. The van der Waals surface area contributed by atoms with Crippen molar-refractivity contribution in [3.05, 3.63) is 16.1 Å². The number of nitrogens with one attached hydrogen (secondary N) is 1. The van der Waals surface area contributed by atoms with E-state index in [1.54, 1.807) is 16.2 Å². The summed E-state index contributed by atoms with van der Waals surface area (Å²) in [5.41, 5.74) is 5.94. The molecule has 1 saturated heterocycles. The molecule has 2 rings (SSSR count). The maximum Gasteiger partial charge on any atom is 0.409 e. The Morgan fingerprint density at radius 2 is 2.26 bits per heavy atom. The lowest BCUT2D eigenvalue weighted by molar-refractivity contribution is 0.0963. The van der Waals surface area contributed by atoms with E-state index < -0.39 is 0 Å². The first-order chi connectivity index (χ1) is 11.1. The minimum absolute atomic E-state index is 0.233. The summed E-state index contributed by atoms with van der Waals surface area (Å²) in [6, 6.07) is 0.243. The first-order valence-corrected chi connectivity index (χ1v) is 8.85. The van der Waals surface area contributed by atoms with E-state index in [-0.39, 0.29) is 12.1 Å². The highest BCUT2D eigenvalue weighted by Gasteiger charge is 2.23. The first-order valence-electron chi connectivity index (χ1n) is 8.04. The normalized spacial score (nSPS) is 16.4. The van der Waals surface area contributed by atoms with Crippen LogP contribution >= 0.6 is 11.3 Å². The number of guanidine groups is 1. The number of hydrogen-bond donors (Lipinski definition) is 2. The van der Waals surface area contributed by atoms with Crippen molar-refractivity contribution >= 4 is 23.4 Å². The molecular formula is C15H25N5O2S. The largest absolute Gasteiger partial charge is 0.450 e. The van der Waals surface area contributed by atoms with Crippen molar-refractivity contribution in [2.75, 3.05) is 19.7 Å². The molecule has 0 unspecified atom stereocenters. The molecule has 0 bridgehead atoms. The summed E-state index contributed by atoms with van der Waals surface area (Å²) in [7, 11) is 0. The monoisotopic (exact) mass is 339 g/mol. The summed E-state index contributed by atoms with van der Waals surface area (Å²) in [5, 5.41) is 4.20. The number of hydrogen-bond acceptors (Lipinski definition) is 5. The van der Waals surface area contributed by atoms with Gasteiger partial charge in [0.2, 0.25) is 0 Å². The van der Waals surface area contributed by atoms with Gasteiger partial charge in [0.25, 0.3) is 0 Å². The lowest BCUT2D eigenvalue weighted by Crippen LogP contribution is -2.48. The Morgan fingerprint density at radius 1 is 1.52 bits per heavy atom. The van der Waals surface area contributed by atoms with E-state index in [4.69, 9.17) is 10.5 Å². The molecule has 7 nitrogen and oxygen atoms in total. The fourth-order valence-corrected chi connectivity index (χ4v) is 3.20. The highest BCUT2D eigenvalue weighted by Crippen LogP contribution is 2.14. The molecule has 0 saturated carbocycles. The predicted molar refractivity (Wildman–Crippen MR) is 91.6 cm³/mol. The zero-order valence-corrected chi connectivity index (χ0v) is 14.6. The number of aliphatic imine (C=N–C) groups is 1. The topological polar surface area (TPSA) is 92.8 Å². The Labute approximate surface area is 140 Å². The van der Waals surface area contributed by atoms with Crippen molar-refractivity contribution in [2.24, 2.45) is 10.7 Å². The molecule has 8 heteroatoms. The van der Waals surface area contributed by atoms with Crippen molar-refractivity contribution < 1.29 is 9.53 Å². The van der Waals surface area contributed by atoms with Crippen LogP contribution in [-0.4, -0.2) is 47.7 Å². The molecule has 0 radical (unpaired) electrons. The van der Waals surface area contributed by atoms with E-state index >= 15 is 0 Å². The number of aromatic nitrogens is 1. The Kier molecular flexibility index (Phi) is 6.64. The average Bonchev–Trinajstić information content (AvgIpc) is 3.02. The van der Waals surface area contributed by atoms with Gasteiger partial charge in [-0.15, -0.1) is 11.3 Å². The van der Waals surface area contributed by atoms with E-state index in [0.29, 0.717) is 32.2 Å². The minimum Gasteiger partial charge on any atom is -0.450 e. The van der Waals surface area contributed by atoms with Crippen molar-refractivity contribution in [3.63, 3.8) is 0 Å². The van der Waals surface area contributed by atoms with E-state index in [0.717, 1.165) is 24.3 Å². The number of aryl methyl sites for hydroxylation is 1. The average molecular weight is 339 g/mol. The SMILES string of the molecule is CCOC(=O)N1CCC(NC(N)=NCc2ncc(CC)s2)CC1. The highest BCUT2D eigenvalue weighted by atomic mass is 32.1. The number of nitrogens with zero attached hydrogens (tertiary/aromatic N) is 3. The van der Waals surface area contributed by atoms with Gasteiger partial charge in [0, 0.05) is 30.2 Å². The molecular weight excluding hydrogens is 314 g/mol. The smallest absolute Gasteiger partial charge is 0.409 e. The number of nitrogens with two attached hydrogens (primary N) is 1. The van der Waals surface area contributed by atoms with Crippen LogP contribution in [0.15, 0.2) is 11.2 Å². The van der Waals surface area contributed by atoms with Crippen LogP contribution in [0.2, 0.25) is 0 Å². The molecule has 3 N–H and O–H groups in total. The summed E-state index contributed by atoms with van der Waals surface area (Å²) < 4.78 is 5.01. The van der Waals surface area contributed by atoms with Gasteiger partial charge in [-0.3, -0.25) is 0 Å². The molecule has 0 spiro atoms. The molecule has 1 amide bonds. The number of amides is 1. The van der Waals surface area contributed by atoms with Gasteiger partial charge in [0.05, 0.1) is 13.2 Å². The zero-order chi connectivity index (χ0) is 16.7. The van der Waals surface area contributed by atoms with Crippen molar-refractivity contribution in [1.29, 1.82) is 0 Å². The lowest BCUT2D eigenvalue weighted by Gasteiger charge is -2.31. The quantitative estimate of drug-likeness (QED) is 0.629. The molecule has 1 aromatic heterocycles. The molecule has 0 atom stereocenters. The molecule has 0 aromatic carbocycles. The van der Waals surface area contributed by atoms with Crippen LogP contribution in [-0.2, 0) is 17.7 Å². The molecule has 0 aliphatic carbocycles. The van der Waals surface area contributed by atoms with Crippen LogP contribution in [0.5, 0.6) is 0 Å². The minimum atomic E-state index is -0.233. The Morgan fingerprint density at radius 3 is 2.87 bits per heavy atom. The van der Waals surface area contributed by atoms with Crippen LogP contribution in [0.3, 0.4) is 0 Å². The van der Waals surface area contributed by atoms with E-state index in [2.05, 4.69) is 22.2 Å². The van der Waals surface area contributed by atoms with Crippen molar-refractivity contribution in [2.45, 2.75) is 45.7 Å². The summed E-state index contributed by atoms with van der Waals surface area (Å²) >= 11 is 1.67. The second-order valence-corrected chi connectivity index (χ2v) is 6.58. The van der Waals surface area contributed by atoms with Gasteiger partial charge in [-0.2, -0.15) is 0 Å². The van der Waals surface area contributed by atoms with E-state index in [9.17, 15) is 4.79 Å². The second-order valence-electron chi connectivity index (χ2n) is 5.38. The Hall–Kier alpha value is -1.83. The number of ether oxygens (including phenoxy) is 1. The molecule has 1 aromatic rings. The number of carbonyl (C=O) groups is 1. The van der Waals surface area contributed by atoms with Crippen molar-refractivity contribution in [3.8, 4) is 0 Å². The second kappa shape index (κ2) is 8.71. The van der Waals surface area contributed by atoms with Gasteiger partial charge in [-0.05, 0) is 26.2 Å². The molecule has 128 valence electrons. The number of likely N-dealkylation sites (tertiary alicyclic amines) is 1. The van der Waals surface area contributed by atoms with Crippen LogP contribution in [0.4, 0.5) is 4.79 Å². The molecule has 1 aliphatic rings. The van der Waals surface area contributed by atoms with Crippen LogP contribution < -0.4 is 11.1 Å². The van der Waals surface area contributed by atoms with E-state index in [1.807, 2.05) is 13.1 Å². The fourth-order valence-electron chi connectivity index (χ4n) is 2.41. The van der Waals surface area contributed by atoms with Gasteiger partial charge < -0.3 is 20.7 Å². The highest BCUT2D eigenvalue weighted by molar-refractivity contribution is 7.11.